The minimum absolute atomic E-state index is 0.102. The van der Waals surface area contributed by atoms with Crippen LogP contribution in [-0.4, -0.2) is 56.3 Å². The van der Waals surface area contributed by atoms with Gasteiger partial charge in [-0.15, -0.1) is 0 Å². The van der Waals surface area contributed by atoms with Crippen LogP contribution in [0.15, 0.2) is 36.4 Å². The number of aromatic nitrogens is 1. The van der Waals surface area contributed by atoms with Gasteiger partial charge in [0.15, 0.2) is 0 Å². The molecule has 0 radical (unpaired) electrons. The number of hydrogen-bond acceptors (Lipinski definition) is 4. The SMILES string of the molecule is COc1ccc(-c2cc(C)nc(C3CCCN(S(=O)(=O)N(C)C)C3)c2)cc1. The Bertz CT molecular complexity index is 895. The molecule has 3 rings (SSSR count). The van der Waals surface area contributed by atoms with E-state index in [4.69, 9.17) is 9.72 Å². The molecule has 1 saturated heterocycles. The summed E-state index contributed by atoms with van der Waals surface area (Å²) >= 11 is 0. The second-order valence-electron chi connectivity index (χ2n) is 7.14. The second-order valence-corrected chi connectivity index (χ2v) is 9.28. The molecule has 0 saturated carbocycles. The minimum atomic E-state index is -3.40. The van der Waals surface area contributed by atoms with E-state index in [1.54, 1.807) is 25.5 Å². The molecule has 1 atom stereocenters. The van der Waals surface area contributed by atoms with Crippen LogP contribution < -0.4 is 4.74 Å². The molecule has 1 unspecified atom stereocenters. The molecule has 146 valence electrons. The second kappa shape index (κ2) is 7.96. The van der Waals surface area contributed by atoms with Crippen LogP contribution in [0.25, 0.3) is 11.1 Å². The number of hydrogen-bond donors (Lipinski definition) is 0. The zero-order valence-corrected chi connectivity index (χ0v) is 17.2. The molecule has 0 spiro atoms. The maximum absolute atomic E-state index is 12.5. The number of ether oxygens (including phenoxy) is 1. The molecule has 2 aromatic rings. The molecule has 1 aromatic heterocycles. The molecule has 1 fully saturated rings. The quantitative estimate of drug-likeness (QED) is 0.788. The Morgan fingerprint density at radius 3 is 2.48 bits per heavy atom. The Morgan fingerprint density at radius 2 is 1.85 bits per heavy atom. The van der Waals surface area contributed by atoms with Gasteiger partial charge in [0, 0.05) is 44.5 Å². The highest BCUT2D eigenvalue weighted by atomic mass is 32.2. The van der Waals surface area contributed by atoms with Crippen LogP contribution in [0.3, 0.4) is 0 Å². The van der Waals surface area contributed by atoms with Gasteiger partial charge in [0.2, 0.25) is 0 Å². The van der Waals surface area contributed by atoms with Crippen molar-refractivity contribution in [2.45, 2.75) is 25.7 Å². The highest BCUT2D eigenvalue weighted by Crippen LogP contribution is 2.31. The van der Waals surface area contributed by atoms with E-state index in [-0.39, 0.29) is 5.92 Å². The van der Waals surface area contributed by atoms with Crippen LogP contribution in [0.4, 0.5) is 0 Å². The molecular formula is C20H27N3O3S. The highest BCUT2D eigenvalue weighted by Gasteiger charge is 2.31. The largest absolute Gasteiger partial charge is 0.497 e. The number of nitrogens with zero attached hydrogens (tertiary/aromatic N) is 3. The Balaban J connectivity index is 1.89. The summed E-state index contributed by atoms with van der Waals surface area (Å²) in [5, 5.41) is 0. The lowest BCUT2D eigenvalue weighted by atomic mass is 9.93. The number of aryl methyl sites for hydroxylation is 1. The molecule has 1 aliphatic rings. The first-order valence-electron chi connectivity index (χ1n) is 9.12. The fourth-order valence-electron chi connectivity index (χ4n) is 3.48. The number of rotatable bonds is 5. The lowest BCUT2D eigenvalue weighted by Crippen LogP contribution is -2.45. The normalized spacial score (nSPS) is 18.6. The molecule has 7 heteroatoms. The van der Waals surface area contributed by atoms with Crippen LogP contribution in [0.1, 0.15) is 30.1 Å². The molecule has 0 amide bonds. The maximum atomic E-state index is 12.5. The van der Waals surface area contributed by atoms with Gasteiger partial charge < -0.3 is 4.74 Å². The van der Waals surface area contributed by atoms with Gasteiger partial charge in [-0.1, -0.05) is 12.1 Å². The van der Waals surface area contributed by atoms with E-state index in [0.29, 0.717) is 13.1 Å². The van der Waals surface area contributed by atoms with Gasteiger partial charge in [-0.25, -0.2) is 0 Å². The van der Waals surface area contributed by atoms with E-state index in [2.05, 4.69) is 12.1 Å². The molecule has 2 heterocycles. The monoisotopic (exact) mass is 389 g/mol. The Hall–Kier alpha value is -1.96. The first-order chi connectivity index (χ1) is 12.8. The third-order valence-corrected chi connectivity index (χ3v) is 6.89. The van der Waals surface area contributed by atoms with Crippen molar-refractivity contribution < 1.29 is 13.2 Å². The van der Waals surface area contributed by atoms with Gasteiger partial charge in [0.05, 0.1) is 7.11 Å². The van der Waals surface area contributed by atoms with Gasteiger partial charge in [-0.05, 0) is 55.2 Å². The molecule has 0 bridgehead atoms. The summed E-state index contributed by atoms with van der Waals surface area (Å²) in [5.41, 5.74) is 4.08. The van der Waals surface area contributed by atoms with Crippen molar-refractivity contribution in [3.8, 4) is 16.9 Å². The van der Waals surface area contributed by atoms with Crippen molar-refractivity contribution in [1.82, 2.24) is 13.6 Å². The number of benzene rings is 1. The zero-order valence-electron chi connectivity index (χ0n) is 16.3. The van der Waals surface area contributed by atoms with Crippen LogP contribution in [0.5, 0.6) is 5.75 Å². The third-order valence-electron chi connectivity index (χ3n) is 4.99. The Morgan fingerprint density at radius 1 is 1.15 bits per heavy atom. The Labute approximate surface area is 162 Å². The fraction of sp³-hybridized carbons (Fsp3) is 0.450. The Kier molecular flexibility index (Phi) is 5.83. The standard InChI is InChI=1S/C20H27N3O3S/c1-15-12-18(16-7-9-19(26-4)10-8-16)13-20(21-15)17-6-5-11-23(14-17)27(24,25)22(2)3/h7-10,12-13,17H,5-6,11,14H2,1-4H3. The van der Waals surface area contributed by atoms with E-state index in [1.165, 1.54) is 4.31 Å². The van der Waals surface area contributed by atoms with Crippen molar-refractivity contribution >= 4 is 10.2 Å². The topological polar surface area (TPSA) is 62.7 Å². The van der Waals surface area contributed by atoms with Crippen molar-refractivity contribution in [2.75, 3.05) is 34.3 Å². The van der Waals surface area contributed by atoms with Crippen LogP contribution in [-0.2, 0) is 10.2 Å². The summed E-state index contributed by atoms with van der Waals surface area (Å²) in [5.74, 6) is 0.923. The first kappa shape index (κ1) is 19.8. The van der Waals surface area contributed by atoms with Gasteiger partial charge in [-0.3, -0.25) is 4.98 Å². The van der Waals surface area contributed by atoms with Crippen LogP contribution in [0.2, 0.25) is 0 Å². The molecule has 27 heavy (non-hydrogen) atoms. The first-order valence-corrected chi connectivity index (χ1v) is 10.5. The molecule has 1 aliphatic heterocycles. The van der Waals surface area contributed by atoms with E-state index in [0.717, 1.165) is 41.1 Å². The third kappa shape index (κ3) is 4.31. The van der Waals surface area contributed by atoms with E-state index >= 15 is 0 Å². The summed E-state index contributed by atoms with van der Waals surface area (Å²) in [4.78, 5) is 4.72. The average molecular weight is 390 g/mol. The molecule has 6 nitrogen and oxygen atoms in total. The highest BCUT2D eigenvalue weighted by molar-refractivity contribution is 7.86. The van der Waals surface area contributed by atoms with Crippen molar-refractivity contribution in [2.24, 2.45) is 0 Å². The van der Waals surface area contributed by atoms with Crippen molar-refractivity contribution in [1.29, 1.82) is 0 Å². The number of pyridine rings is 1. The van der Waals surface area contributed by atoms with Gasteiger partial charge in [-0.2, -0.15) is 17.0 Å². The maximum Gasteiger partial charge on any atom is 0.281 e. The molecule has 0 N–H and O–H groups in total. The van der Waals surface area contributed by atoms with E-state index in [1.807, 2.05) is 31.2 Å². The van der Waals surface area contributed by atoms with E-state index in [9.17, 15) is 8.42 Å². The number of piperidine rings is 1. The lowest BCUT2D eigenvalue weighted by Gasteiger charge is -2.33. The molecular weight excluding hydrogens is 362 g/mol. The summed E-state index contributed by atoms with van der Waals surface area (Å²) in [7, 11) is 1.41. The molecule has 1 aromatic carbocycles. The summed E-state index contributed by atoms with van der Waals surface area (Å²) in [6, 6.07) is 12.1. The summed E-state index contributed by atoms with van der Waals surface area (Å²) in [6.07, 6.45) is 1.78. The zero-order chi connectivity index (χ0) is 19.6. The van der Waals surface area contributed by atoms with Gasteiger partial charge in [0.1, 0.15) is 5.75 Å². The van der Waals surface area contributed by atoms with Crippen LogP contribution in [0, 0.1) is 6.92 Å². The van der Waals surface area contributed by atoms with Crippen molar-refractivity contribution in [3.05, 3.63) is 47.8 Å². The fourth-order valence-corrected chi connectivity index (χ4v) is 4.67. The predicted octanol–water partition coefficient (Wildman–Crippen LogP) is 3.05. The average Bonchev–Trinajstić information content (AvgIpc) is 2.67. The van der Waals surface area contributed by atoms with Crippen molar-refractivity contribution in [3.63, 3.8) is 0 Å². The number of methoxy groups -OCH3 is 1. The van der Waals surface area contributed by atoms with Gasteiger partial charge >= 0.3 is 0 Å². The smallest absolute Gasteiger partial charge is 0.281 e. The molecule has 0 aliphatic carbocycles. The van der Waals surface area contributed by atoms with Crippen LogP contribution >= 0.6 is 0 Å². The van der Waals surface area contributed by atoms with Gasteiger partial charge in [0.25, 0.3) is 10.2 Å². The summed E-state index contributed by atoms with van der Waals surface area (Å²) < 4.78 is 33.1. The lowest BCUT2D eigenvalue weighted by molar-refractivity contribution is 0.296. The summed E-state index contributed by atoms with van der Waals surface area (Å²) in [6.45, 7) is 3.01. The predicted molar refractivity (Wildman–Crippen MR) is 107 cm³/mol. The van der Waals surface area contributed by atoms with E-state index < -0.39 is 10.2 Å². The minimum Gasteiger partial charge on any atom is -0.497 e.